The van der Waals surface area contributed by atoms with E-state index < -0.39 is 0 Å². The molecule has 19 heavy (non-hydrogen) atoms. The fourth-order valence-corrected chi connectivity index (χ4v) is 3.30. The maximum atomic E-state index is 6.41. The van der Waals surface area contributed by atoms with E-state index in [-0.39, 0.29) is 6.04 Å². The minimum absolute atomic E-state index is 0.0692. The van der Waals surface area contributed by atoms with Crippen molar-refractivity contribution < 1.29 is 9.47 Å². The van der Waals surface area contributed by atoms with Crippen molar-refractivity contribution in [1.29, 1.82) is 0 Å². The first kappa shape index (κ1) is 12.8. The zero-order valence-electron chi connectivity index (χ0n) is 11.4. The quantitative estimate of drug-likeness (QED) is 0.906. The summed E-state index contributed by atoms with van der Waals surface area (Å²) in [5.74, 6) is 2.50. The zero-order chi connectivity index (χ0) is 13.1. The van der Waals surface area contributed by atoms with E-state index in [1.165, 1.54) is 32.1 Å². The Morgan fingerprint density at radius 3 is 2.74 bits per heavy atom. The lowest BCUT2D eigenvalue weighted by Gasteiger charge is -2.27. The van der Waals surface area contributed by atoms with Crippen LogP contribution in [0.2, 0.25) is 0 Å². The maximum Gasteiger partial charge on any atom is 0.166 e. The SMILES string of the molecule is NC(CC1CCCCC1)c1cccc2c1OCCO2. The predicted molar refractivity (Wildman–Crippen MR) is 75.6 cm³/mol. The topological polar surface area (TPSA) is 44.5 Å². The van der Waals surface area contributed by atoms with Gasteiger partial charge in [0.15, 0.2) is 11.5 Å². The van der Waals surface area contributed by atoms with Crippen LogP contribution >= 0.6 is 0 Å². The number of benzene rings is 1. The Hall–Kier alpha value is -1.22. The number of fused-ring (bicyclic) bond motifs is 1. The second kappa shape index (κ2) is 5.83. The molecule has 3 heteroatoms. The molecule has 1 aromatic carbocycles. The second-order valence-electron chi connectivity index (χ2n) is 5.72. The van der Waals surface area contributed by atoms with Crippen LogP contribution in [0.5, 0.6) is 11.5 Å². The molecule has 3 rings (SSSR count). The molecule has 2 N–H and O–H groups in total. The summed E-state index contributed by atoms with van der Waals surface area (Å²) in [5, 5.41) is 0. The minimum atomic E-state index is 0.0692. The number of hydrogen-bond donors (Lipinski definition) is 1. The van der Waals surface area contributed by atoms with Gasteiger partial charge in [0.25, 0.3) is 0 Å². The zero-order valence-corrected chi connectivity index (χ0v) is 11.4. The highest BCUT2D eigenvalue weighted by Gasteiger charge is 2.23. The van der Waals surface area contributed by atoms with Crippen molar-refractivity contribution >= 4 is 0 Å². The molecule has 1 saturated carbocycles. The molecule has 0 radical (unpaired) electrons. The Morgan fingerprint density at radius 1 is 1.11 bits per heavy atom. The van der Waals surface area contributed by atoms with Crippen LogP contribution in [0.3, 0.4) is 0 Å². The highest BCUT2D eigenvalue weighted by Crippen LogP contribution is 2.39. The largest absolute Gasteiger partial charge is 0.486 e. The smallest absolute Gasteiger partial charge is 0.166 e. The lowest BCUT2D eigenvalue weighted by atomic mass is 9.83. The molecule has 0 spiro atoms. The van der Waals surface area contributed by atoms with Crippen molar-refractivity contribution in [1.82, 2.24) is 0 Å². The molecular formula is C16H23NO2. The summed E-state index contributed by atoms with van der Waals surface area (Å²) in [6.45, 7) is 1.26. The van der Waals surface area contributed by atoms with Crippen molar-refractivity contribution in [3.8, 4) is 11.5 Å². The average Bonchev–Trinajstić information content (AvgIpc) is 2.47. The van der Waals surface area contributed by atoms with Crippen molar-refractivity contribution in [3.05, 3.63) is 23.8 Å². The Kier molecular flexibility index (Phi) is 3.92. The van der Waals surface area contributed by atoms with Crippen molar-refractivity contribution in [3.63, 3.8) is 0 Å². The molecule has 2 aliphatic rings. The number of ether oxygens (including phenoxy) is 2. The molecule has 1 fully saturated rings. The van der Waals surface area contributed by atoms with E-state index in [0.29, 0.717) is 13.2 Å². The van der Waals surface area contributed by atoms with Crippen LogP contribution in [0.4, 0.5) is 0 Å². The van der Waals surface area contributed by atoms with Gasteiger partial charge in [0, 0.05) is 11.6 Å². The van der Waals surface area contributed by atoms with E-state index in [1.807, 2.05) is 12.1 Å². The van der Waals surface area contributed by atoms with Gasteiger partial charge < -0.3 is 15.2 Å². The highest BCUT2D eigenvalue weighted by atomic mass is 16.6. The van der Waals surface area contributed by atoms with E-state index in [1.54, 1.807) is 0 Å². The summed E-state index contributed by atoms with van der Waals surface area (Å²) in [7, 11) is 0. The summed E-state index contributed by atoms with van der Waals surface area (Å²) in [6.07, 6.45) is 7.86. The van der Waals surface area contributed by atoms with Crippen LogP contribution < -0.4 is 15.2 Å². The van der Waals surface area contributed by atoms with Crippen LogP contribution in [0.15, 0.2) is 18.2 Å². The lowest BCUT2D eigenvalue weighted by Crippen LogP contribution is -2.21. The van der Waals surface area contributed by atoms with Gasteiger partial charge in [-0.3, -0.25) is 0 Å². The molecule has 3 nitrogen and oxygen atoms in total. The normalized spacial score (nSPS) is 21.1. The second-order valence-corrected chi connectivity index (χ2v) is 5.72. The van der Waals surface area contributed by atoms with Gasteiger partial charge in [-0.25, -0.2) is 0 Å². The molecule has 1 aromatic rings. The average molecular weight is 261 g/mol. The Morgan fingerprint density at radius 2 is 1.89 bits per heavy atom. The highest BCUT2D eigenvalue weighted by molar-refractivity contribution is 5.48. The molecule has 104 valence electrons. The van der Waals surface area contributed by atoms with Gasteiger partial charge >= 0.3 is 0 Å². The van der Waals surface area contributed by atoms with Crippen LogP contribution in [-0.2, 0) is 0 Å². The third-order valence-electron chi connectivity index (χ3n) is 4.31. The van der Waals surface area contributed by atoms with Crippen LogP contribution in [0.1, 0.15) is 50.1 Å². The maximum absolute atomic E-state index is 6.41. The van der Waals surface area contributed by atoms with Gasteiger partial charge in [-0.2, -0.15) is 0 Å². The molecule has 0 amide bonds. The first-order valence-corrected chi connectivity index (χ1v) is 7.48. The molecule has 1 unspecified atom stereocenters. The summed E-state index contributed by atoms with van der Waals surface area (Å²) in [6, 6.07) is 6.13. The van der Waals surface area contributed by atoms with Gasteiger partial charge in [-0.15, -0.1) is 0 Å². The Balaban J connectivity index is 1.73. The van der Waals surface area contributed by atoms with E-state index >= 15 is 0 Å². The van der Waals surface area contributed by atoms with Gasteiger partial charge in [0.2, 0.25) is 0 Å². The van der Waals surface area contributed by atoms with E-state index in [2.05, 4.69) is 6.07 Å². The summed E-state index contributed by atoms with van der Waals surface area (Å²) >= 11 is 0. The predicted octanol–water partition coefficient (Wildman–Crippen LogP) is 3.43. The van der Waals surface area contributed by atoms with Crippen LogP contribution in [-0.4, -0.2) is 13.2 Å². The molecular weight excluding hydrogens is 238 g/mol. The first-order valence-electron chi connectivity index (χ1n) is 7.48. The first-order chi connectivity index (χ1) is 9.34. The molecule has 0 bridgehead atoms. The van der Waals surface area contributed by atoms with E-state index in [9.17, 15) is 0 Å². The molecule has 0 aromatic heterocycles. The van der Waals surface area contributed by atoms with Crippen LogP contribution in [0.25, 0.3) is 0 Å². The number of para-hydroxylation sites is 1. The van der Waals surface area contributed by atoms with Gasteiger partial charge in [0.1, 0.15) is 13.2 Å². The minimum Gasteiger partial charge on any atom is -0.486 e. The molecule has 1 aliphatic heterocycles. The van der Waals surface area contributed by atoms with Crippen LogP contribution in [0, 0.1) is 5.92 Å². The molecule has 1 aliphatic carbocycles. The summed E-state index contributed by atoms with van der Waals surface area (Å²) < 4.78 is 11.4. The monoisotopic (exact) mass is 261 g/mol. The third kappa shape index (κ3) is 2.86. The number of rotatable bonds is 3. The molecule has 0 saturated heterocycles. The lowest BCUT2D eigenvalue weighted by molar-refractivity contribution is 0.168. The van der Waals surface area contributed by atoms with E-state index in [4.69, 9.17) is 15.2 Å². The summed E-state index contributed by atoms with van der Waals surface area (Å²) in [4.78, 5) is 0. The summed E-state index contributed by atoms with van der Waals surface area (Å²) in [5.41, 5.74) is 7.53. The van der Waals surface area contributed by atoms with E-state index in [0.717, 1.165) is 29.4 Å². The number of hydrogen-bond acceptors (Lipinski definition) is 3. The fourth-order valence-electron chi connectivity index (χ4n) is 3.30. The van der Waals surface area contributed by atoms with Crippen molar-refractivity contribution in [2.75, 3.05) is 13.2 Å². The fraction of sp³-hybridized carbons (Fsp3) is 0.625. The van der Waals surface area contributed by atoms with Gasteiger partial charge in [0.05, 0.1) is 0 Å². The Bertz CT molecular complexity index is 427. The number of nitrogens with two attached hydrogens (primary N) is 1. The van der Waals surface area contributed by atoms with Crippen molar-refractivity contribution in [2.24, 2.45) is 11.7 Å². The standard InChI is InChI=1S/C16H23NO2/c17-14(11-12-5-2-1-3-6-12)13-7-4-8-15-16(13)19-10-9-18-15/h4,7-8,12,14H,1-3,5-6,9-11,17H2. The van der Waals surface area contributed by atoms with Crippen molar-refractivity contribution in [2.45, 2.75) is 44.6 Å². The molecule has 1 heterocycles. The third-order valence-corrected chi connectivity index (χ3v) is 4.31. The van der Waals surface area contributed by atoms with Gasteiger partial charge in [-0.05, 0) is 18.4 Å². The van der Waals surface area contributed by atoms with Gasteiger partial charge in [-0.1, -0.05) is 44.2 Å². The Labute approximate surface area is 115 Å². The molecule has 1 atom stereocenters.